The van der Waals surface area contributed by atoms with Crippen molar-refractivity contribution in [3.63, 3.8) is 0 Å². The fraction of sp³-hybridized carbons (Fsp3) is 0.389. The molecule has 1 radical (unpaired) electrons. The summed E-state index contributed by atoms with van der Waals surface area (Å²) in [5, 5.41) is 8.78. The molecule has 2 rings (SSSR count). The number of rotatable bonds is 7. The molecular weight excluding hydrogens is 280 g/mol. The van der Waals surface area contributed by atoms with Gasteiger partial charge in [0.1, 0.15) is 0 Å². The predicted octanol–water partition coefficient (Wildman–Crippen LogP) is 5.71. The van der Waals surface area contributed by atoms with Crippen LogP contribution in [0, 0.1) is 5.92 Å². The zero-order chi connectivity index (χ0) is 15.1. The van der Waals surface area contributed by atoms with Gasteiger partial charge in [0.05, 0.1) is 5.69 Å². The van der Waals surface area contributed by atoms with Crippen LogP contribution in [0.15, 0.2) is 36.4 Å². The van der Waals surface area contributed by atoms with Crippen LogP contribution in [0.25, 0.3) is 11.3 Å². The molecule has 21 heavy (non-hydrogen) atoms. The lowest BCUT2D eigenvalue weighted by Gasteiger charge is -2.15. The summed E-state index contributed by atoms with van der Waals surface area (Å²) in [4.78, 5) is 0. The van der Waals surface area contributed by atoms with E-state index in [0.717, 1.165) is 23.2 Å². The van der Waals surface area contributed by atoms with Gasteiger partial charge in [-0.2, -0.15) is 0 Å². The number of benzene rings is 1. The third-order valence-electron chi connectivity index (χ3n) is 3.68. The average Bonchev–Trinajstić information content (AvgIpc) is 2.52. The topological polar surface area (TPSA) is 25.8 Å². The Morgan fingerprint density at radius 3 is 2.52 bits per heavy atom. The maximum atomic E-state index is 6.05. The number of aromatic nitrogens is 2. The normalized spacial score (nSPS) is 11.0. The monoisotopic (exact) mass is 301 g/mol. The summed E-state index contributed by atoms with van der Waals surface area (Å²) in [5.41, 5.74) is 3.13. The van der Waals surface area contributed by atoms with Crippen LogP contribution in [0.5, 0.6) is 0 Å². The highest BCUT2D eigenvalue weighted by molar-refractivity contribution is 6.29. The summed E-state index contributed by atoms with van der Waals surface area (Å²) >= 11 is 6.05. The number of halogens is 1. The van der Waals surface area contributed by atoms with Crippen LogP contribution < -0.4 is 0 Å². The van der Waals surface area contributed by atoms with Crippen LogP contribution in [-0.4, -0.2) is 10.2 Å². The highest BCUT2D eigenvalue weighted by Gasteiger charge is 2.15. The Balaban J connectivity index is 2.19. The zero-order valence-electron chi connectivity index (χ0n) is 12.8. The van der Waals surface area contributed by atoms with E-state index in [0.29, 0.717) is 5.15 Å². The van der Waals surface area contributed by atoms with Gasteiger partial charge in [0, 0.05) is 11.5 Å². The molecule has 0 saturated carbocycles. The first-order valence-corrected chi connectivity index (χ1v) is 8.01. The van der Waals surface area contributed by atoms with Crippen molar-refractivity contribution in [2.45, 2.75) is 46.0 Å². The van der Waals surface area contributed by atoms with Crippen molar-refractivity contribution < 1.29 is 0 Å². The Hall–Kier alpha value is -1.41. The molecule has 0 spiro atoms. The Morgan fingerprint density at radius 2 is 1.81 bits per heavy atom. The van der Waals surface area contributed by atoms with Gasteiger partial charge in [-0.3, -0.25) is 0 Å². The molecule has 0 bridgehead atoms. The minimum Gasteiger partial charge on any atom is -0.149 e. The predicted molar refractivity (Wildman–Crippen MR) is 89.3 cm³/mol. The van der Waals surface area contributed by atoms with Crippen LogP contribution in [-0.2, 0) is 0 Å². The summed E-state index contributed by atoms with van der Waals surface area (Å²) < 4.78 is 0. The van der Waals surface area contributed by atoms with Crippen molar-refractivity contribution in [3.8, 4) is 11.3 Å². The second-order valence-electron chi connectivity index (χ2n) is 5.39. The SMILES string of the molecule is CCCCCC[C](C)c1cc(Cl)nnc1-c1ccccc1. The van der Waals surface area contributed by atoms with E-state index in [1.165, 1.54) is 31.6 Å². The van der Waals surface area contributed by atoms with Crippen LogP contribution in [0.4, 0.5) is 0 Å². The Morgan fingerprint density at radius 1 is 1.05 bits per heavy atom. The molecule has 2 nitrogen and oxygen atoms in total. The van der Waals surface area contributed by atoms with E-state index >= 15 is 0 Å². The summed E-state index contributed by atoms with van der Waals surface area (Å²) in [6.07, 6.45) is 6.14. The van der Waals surface area contributed by atoms with Gasteiger partial charge in [-0.05, 0) is 18.1 Å². The molecule has 0 fully saturated rings. The lowest BCUT2D eigenvalue weighted by molar-refractivity contribution is 0.645. The third kappa shape index (κ3) is 4.53. The van der Waals surface area contributed by atoms with Gasteiger partial charge in [-0.1, -0.05) is 81.5 Å². The molecule has 3 heteroatoms. The molecular formula is C18H22ClN2. The molecule has 1 heterocycles. The molecule has 0 aliphatic heterocycles. The minimum absolute atomic E-state index is 0.456. The van der Waals surface area contributed by atoms with Gasteiger partial charge in [-0.15, -0.1) is 10.2 Å². The molecule has 0 unspecified atom stereocenters. The van der Waals surface area contributed by atoms with Gasteiger partial charge >= 0.3 is 0 Å². The Kier molecular flexibility index (Phi) is 6.19. The van der Waals surface area contributed by atoms with Crippen molar-refractivity contribution in [1.82, 2.24) is 10.2 Å². The first-order chi connectivity index (χ1) is 10.2. The van der Waals surface area contributed by atoms with Gasteiger partial charge in [0.15, 0.2) is 5.15 Å². The van der Waals surface area contributed by atoms with Crippen LogP contribution in [0.3, 0.4) is 0 Å². The van der Waals surface area contributed by atoms with Gasteiger partial charge < -0.3 is 0 Å². The molecule has 0 atom stereocenters. The van der Waals surface area contributed by atoms with Gasteiger partial charge in [0.25, 0.3) is 0 Å². The molecule has 0 N–H and O–H groups in total. The number of hydrogen-bond donors (Lipinski definition) is 0. The Bertz CT molecular complexity index is 554. The fourth-order valence-corrected chi connectivity index (χ4v) is 2.60. The largest absolute Gasteiger partial charge is 0.152 e. The van der Waals surface area contributed by atoms with Crippen molar-refractivity contribution in [1.29, 1.82) is 0 Å². The molecule has 2 aromatic rings. The van der Waals surface area contributed by atoms with E-state index in [4.69, 9.17) is 11.6 Å². The van der Waals surface area contributed by atoms with E-state index < -0.39 is 0 Å². The van der Waals surface area contributed by atoms with Crippen molar-refractivity contribution >= 4 is 11.6 Å². The number of nitrogens with zero attached hydrogens (tertiary/aromatic N) is 2. The fourth-order valence-electron chi connectivity index (χ4n) is 2.45. The van der Waals surface area contributed by atoms with Crippen molar-refractivity contribution in [2.24, 2.45) is 0 Å². The summed E-state index contributed by atoms with van der Waals surface area (Å²) in [5.74, 6) is 1.33. The second-order valence-corrected chi connectivity index (χ2v) is 5.77. The standard InChI is InChI=1S/C18H22ClN2/c1-3-4-5-7-10-14(2)16-13-17(19)20-21-18(16)15-11-8-6-9-12-15/h6,8-9,11-13H,3-5,7,10H2,1-2H3. The van der Waals surface area contributed by atoms with Crippen LogP contribution >= 0.6 is 11.6 Å². The highest BCUT2D eigenvalue weighted by Crippen LogP contribution is 2.30. The number of hydrogen-bond acceptors (Lipinski definition) is 2. The first kappa shape index (κ1) is 16.0. The molecule has 111 valence electrons. The lowest BCUT2D eigenvalue weighted by Crippen LogP contribution is -2.02. The van der Waals surface area contributed by atoms with Crippen molar-refractivity contribution in [2.75, 3.05) is 0 Å². The van der Waals surface area contributed by atoms with E-state index in [1.807, 2.05) is 24.3 Å². The van der Waals surface area contributed by atoms with E-state index in [2.05, 4.69) is 36.2 Å². The summed E-state index contributed by atoms with van der Waals surface area (Å²) in [6, 6.07) is 12.1. The van der Waals surface area contributed by atoms with Gasteiger partial charge in [-0.25, -0.2) is 0 Å². The molecule has 0 aliphatic carbocycles. The van der Waals surface area contributed by atoms with E-state index in [9.17, 15) is 0 Å². The molecule has 1 aromatic heterocycles. The average molecular weight is 302 g/mol. The lowest BCUT2D eigenvalue weighted by atomic mass is 9.92. The molecule has 1 aromatic carbocycles. The summed E-state index contributed by atoms with van der Waals surface area (Å²) in [6.45, 7) is 4.41. The maximum absolute atomic E-state index is 6.05. The Labute approximate surface area is 132 Å². The van der Waals surface area contributed by atoms with Crippen LogP contribution in [0.2, 0.25) is 5.15 Å². The molecule has 0 aliphatic rings. The first-order valence-electron chi connectivity index (χ1n) is 7.63. The quantitative estimate of drug-likeness (QED) is 0.612. The zero-order valence-corrected chi connectivity index (χ0v) is 13.5. The maximum Gasteiger partial charge on any atom is 0.152 e. The van der Waals surface area contributed by atoms with Crippen LogP contribution in [0.1, 0.15) is 51.5 Å². The van der Waals surface area contributed by atoms with Crippen molar-refractivity contribution in [3.05, 3.63) is 53.0 Å². The number of unbranched alkanes of at least 4 members (excludes halogenated alkanes) is 3. The smallest absolute Gasteiger partial charge is 0.149 e. The minimum atomic E-state index is 0.456. The molecule has 0 saturated heterocycles. The van der Waals surface area contributed by atoms with E-state index in [-0.39, 0.29) is 0 Å². The highest BCUT2D eigenvalue weighted by atomic mass is 35.5. The van der Waals surface area contributed by atoms with Gasteiger partial charge in [0.2, 0.25) is 0 Å². The summed E-state index contributed by atoms with van der Waals surface area (Å²) in [7, 11) is 0. The second kappa shape index (κ2) is 8.14. The van der Waals surface area contributed by atoms with E-state index in [1.54, 1.807) is 0 Å². The molecule has 0 amide bonds. The third-order valence-corrected chi connectivity index (χ3v) is 3.86.